The Labute approximate surface area is 172 Å². The summed E-state index contributed by atoms with van der Waals surface area (Å²) in [6.07, 6.45) is 0.672. The van der Waals surface area contributed by atoms with Crippen LogP contribution in [-0.2, 0) is 5.41 Å². The van der Waals surface area contributed by atoms with Crippen LogP contribution >= 0.6 is 0 Å². The van der Waals surface area contributed by atoms with E-state index in [4.69, 9.17) is 9.84 Å². The topological polar surface area (TPSA) is 24.8 Å². The Balaban J connectivity index is 1.56. The van der Waals surface area contributed by atoms with Crippen LogP contribution in [0.15, 0.2) is 84.0 Å². The standard InChI is InChI=1S/C26H26N2O/c1-26(2,3)20-15-13-19(14-16-20)25-28-23(21-11-7-8-12-24(21)29-25)17-22(27-28)18-9-5-4-6-10-18/h4-16,23,25H,17H2,1-3H3/t23-,25-/m0/s1. The van der Waals surface area contributed by atoms with Crippen LogP contribution in [0.25, 0.3) is 0 Å². The Morgan fingerprint density at radius 3 is 2.28 bits per heavy atom. The number of fused-ring (bicyclic) bond motifs is 3. The molecule has 0 saturated heterocycles. The Morgan fingerprint density at radius 1 is 0.862 bits per heavy atom. The first-order valence-corrected chi connectivity index (χ1v) is 10.3. The van der Waals surface area contributed by atoms with Crippen molar-refractivity contribution in [2.24, 2.45) is 5.10 Å². The van der Waals surface area contributed by atoms with Gasteiger partial charge in [-0.2, -0.15) is 5.10 Å². The van der Waals surface area contributed by atoms with Crippen LogP contribution in [0.5, 0.6) is 5.75 Å². The second kappa shape index (κ2) is 6.77. The minimum Gasteiger partial charge on any atom is -0.464 e. The fourth-order valence-electron chi connectivity index (χ4n) is 4.21. The maximum Gasteiger partial charge on any atom is 0.213 e. The average molecular weight is 383 g/mol. The fraction of sp³-hybridized carbons (Fsp3) is 0.269. The lowest BCUT2D eigenvalue weighted by Gasteiger charge is -2.38. The van der Waals surface area contributed by atoms with Crippen molar-refractivity contribution < 1.29 is 4.74 Å². The lowest BCUT2D eigenvalue weighted by molar-refractivity contribution is -0.0190. The number of para-hydroxylation sites is 1. The highest BCUT2D eigenvalue weighted by atomic mass is 16.5. The van der Waals surface area contributed by atoms with Gasteiger partial charge in [0.2, 0.25) is 6.23 Å². The number of hydrogen-bond donors (Lipinski definition) is 0. The summed E-state index contributed by atoms with van der Waals surface area (Å²) in [5, 5.41) is 7.18. The van der Waals surface area contributed by atoms with Gasteiger partial charge in [-0.1, -0.05) is 93.6 Å². The molecule has 3 aromatic carbocycles. The highest BCUT2D eigenvalue weighted by molar-refractivity contribution is 6.01. The van der Waals surface area contributed by atoms with E-state index in [0.29, 0.717) is 0 Å². The summed E-state index contributed by atoms with van der Waals surface area (Å²) in [5.41, 5.74) is 6.10. The van der Waals surface area contributed by atoms with E-state index in [1.54, 1.807) is 0 Å². The molecule has 3 nitrogen and oxygen atoms in total. The zero-order chi connectivity index (χ0) is 20.0. The molecule has 5 rings (SSSR count). The van der Waals surface area contributed by atoms with Crippen LogP contribution in [-0.4, -0.2) is 10.7 Å². The van der Waals surface area contributed by atoms with Crippen molar-refractivity contribution in [3.63, 3.8) is 0 Å². The summed E-state index contributed by atoms with van der Waals surface area (Å²) in [5.74, 6) is 0.961. The molecule has 2 heterocycles. The van der Waals surface area contributed by atoms with Crippen LogP contribution in [0.3, 0.4) is 0 Å². The minimum atomic E-state index is -0.217. The molecule has 0 aromatic heterocycles. The first-order valence-electron chi connectivity index (χ1n) is 10.3. The van der Waals surface area contributed by atoms with Gasteiger partial charge in [-0.25, -0.2) is 5.01 Å². The van der Waals surface area contributed by atoms with Crippen molar-refractivity contribution in [3.8, 4) is 5.75 Å². The molecule has 0 amide bonds. The van der Waals surface area contributed by atoms with Crippen molar-refractivity contribution in [2.45, 2.75) is 44.9 Å². The molecule has 2 atom stereocenters. The third-order valence-electron chi connectivity index (χ3n) is 5.87. The van der Waals surface area contributed by atoms with Crippen LogP contribution in [0.4, 0.5) is 0 Å². The van der Waals surface area contributed by atoms with Gasteiger partial charge in [0, 0.05) is 17.5 Å². The minimum absolute atomic E-state index is 0.132. The molecule has 0 bridgehead atoms. The summed E-state index contributed by atoms with van der Waals surface area (Å²) in [6, 6.07) is 27.8. The van der Waals surface area contributed by atoms with Crippen molar-refractivity contribution in [1.29, 1.82) is 0 Å². The quantitative estimate of drug-likeness (QED) is 0.525. The van der Waals surface area contributed by atoms with Gasteiger partial charge < -0.3 is 4.74 Å². The van der Waals surface area contributed by atoms with Crippen molar-refractivity contribution in [1.82, 2.24) is 5.01 Å². The molecular weight excluding hydrogens is 356 g/mol. The molecule has 29 heavy (non-hydrogen) atoms. The summed E-state index contributed by atoms with van der Waals surface area (Å²) in [7, 11) is 0. The molecule has 0 unspecified atom stereocenters. The fourth-order valence-corrected chi connectivity index (χ4v) is 4.21. The average Bonchev–Trinajstić information content (AvgIpc) is 3.19. The second-order valence-electron chi connectivity index (χ2n) is 8.89. The first-order chi connectivity index (χ1) is 14.0. The molecule has 0 fully saturated rings. The van der Waals surface area contributed by atoms with E-state index >= 15 is 0 Å². The normalized spacial score (nSPS) is 20.5. The molecule has 0 N–H and O–H groups in total. The molecule has 2 aliphatic heterocycles. The molecule has 3 heteroatoms. The second-order valence-corrected chi connectivity index (χ2v) is 8.89. The Hall–Kier alpha value is -3.07. The molecule has 0 aliphatic carbocycles. The molecule has 2 aliphatic rings. The smallest absolute Gasteiger partial charge is 0.213 e. The SMILES string of the molecule is CC(C)(C)c1ccc([C@@H]2Oc3ccccc3[C@@H]3CC(c4ccccc4)=NN32)cc1. The van der Waals surface area contributed by atoms with Gasteiger partial charge in [0.15, 0.2) is 0 Å². The van der Waals surface area contributed by atoms with E-state index in [2.05, 4.69) is 92.5 Å². The molecular formula is C26H26N2O. The van der Waals surface area contributed by atoms with Gasteiger partial charge in [-0.15, -0.1) is 0 Å². The van der Waals surface area contributed by atoms with E-state index in [-0.39, 0.29) is 17.7 Å². The predicted octanol–water partition coefficient (Wildman–Crippen LogP) is 6.23. The van der Waals surface area contributed by atoms with Gasteiger partial charge in [-0.3, -0.25) is 0 Å². The third kappa shape index (κ3) is 3.21. The van der Waals surface area contributed by atoms with Crippen LogP contribution in [0.1, 0.15) is 61.7 Å². The lowest BCUT2D eigenvalue weighted by atomic mass is 9.86. The van der Waals surface area contributed by atoms with Crippen molar-refractivity contribution >= 4 is 5.71 Å². The third-order valence-corrected chi connectivity index (χ3v) is 5.87. The molecule has 0 saturated carbocycles. The Bertz CT molecular complexity index is 1050. The Morgan fingerprint density at radius 2 is 1.55 bits per heavy atom. The zero-order valence-corrected chi connectivity index (χ0v) is 17.2. The van der Waals surface area contributed by atoms with E-state index in [1.807, 2.05) is 12.1 Å². The van der Waals surface area contributed by atoms with Gasteiger partial charge in [-0.05, 0) is 22.6 Å². The van der Waals surface area contributed by atoms with Gasteiger partial charge in [0.05, 0.1) is 11.8 Å². The molecule has 3 aromatic rings. The maximum atomic E-state index is 6.46. The highest BCUT2D eigenvalue weighted by Gasteiger charge is 2.40. The van der Waals surface area contributed by atoms with Crippen molar-refractivity contribution in [3.05, 3.63) is 101 Å². The van der Waals surface area contributed by atoms with E-state index in [1.165, 1.54) is 16.7 Å². The van der Waals surface area contributed by atoms with E-state index in [0.717, 1.165) is 23.4 Å². The summed E-state index contributed by atoms with van der Waals surface area (Å²) in [6.45, 7) is 6.72. The summed E-state index contributed by atoms with van der Waals surface area (Å²) in [4.78, 5) is 0. The zero-order valence-electron chi connectivity index (χ0n) is 17.2. The number of hydrogen-bond acceptors (Lipinski definition) is 3. The maximum absolute atomic E-state index is 6.46. The lowest BCUT2D eigenvalue weighted by Crippen LogP contribution is -2.33. The number of benzene rings is 3. The summed E-state index contributed by atoms with van der Waals surface area (Å²) < 4.78 is 6.46. The molecule has 0 radical (unpaired) electrons. The number of hydrazone groups is 1. The van der Waals surface area contributed by atoms with Crippen molar-refractivity contribution in [2.75, 3.05) is 0 Å². The monoisotopic (exact) mass is 382 g/mol. The Kier molecular flexibility index (Phi) is 4.20. The summed E-state index contributed by atoms with van der Waals surface area (Å²) >= 11 is 0. The molecule has 146 valence electrons. The number of rotatable bonds is 2. The highest BCUT2D eigenvalue weighted by Crippen LogP contribution is 2.47. The van der Waals surface area contributed by atoms with Crippen LogP contribution < -0.4 is 4.74 Å². The van der Waals surface area contributed by atoms with Crippen LogP contribution in [0, 0.1) is 0 Å². The van der Waals surface area contributed by atoms with Crippen LogP contribution in [0.2, 0.25) is 0 Å². The number of nitrogens with zero attached hydrogens (tertiary/aromatic N) is 2. The number of ether oxygens (including phenoxy) is 1. The van der Waals surface area contributed by atoms with E-state index < -0.39 is 0 Å². The molecule has 0 spiro atoms. The first kappa shape index (κ1) is 18.0. The van der Waals surface area contributed by atoms with Gasteiger partial charge in [0.1, 0.15) is 5.75 Å². The van der Waals surface area contributed by atoms with Gasteiger partial charge >= 0.3 is 0 Å². The van der Waals surface area contributed by atoms with E-state index in [9.17, 15) is 0 Å². The largest absolute Gasteiger partial charge is 0.464 e. The van der Waals surface area contributed by atoms with Gasteiger partial charge in [0.25, 0.3) is 0 Å². The predicted molar refractivity (Wildman–Crippen MR) is 117 cm³/mol.